The summed E-state index contributed by atoms with van der Waals surface area (Å²) in [6.45, 7) is 4.09. The molecule has 0 saturated carbocycles. The van der Waals surface area contributed by atoms with Crippen molar-refractivity contribution in [2.75, 3.05) is 17.2 Å². The largest absolute Gasteiger partial charge is 0.478 e. The predicted octanol–water partition coefficient (Wildman–Crippen LogP) is 3.76. The van der Waals surface area contributed by atoms with Crippen molar-refractivity contribution < 1.29 is 19.8 Å². The summed E-state index contributed by atoms with van der Waals surface area (Å²) in [6.07, 6.45) is 1.96. The molecule has 0 aliphatic carbocycles. The Balaban J connectivity index is 2.18. The number of hydrogen-bond acceptors (Lipinski definition) is 4. The summed E-state index contributed by atoms with van der Waals surface area (Å²) in [4.78, 5) is 25.2. The van der Waals surface area contributed by atoms with Gasteiger partial charge in [0.1, 0.15) is 0 Å². The van der Waals surface area contributed by atoms with Crippen molar-refractivity contribution >= 4 is 29.0 Å². The van der Waals surface area contributed by atoms with Crippen LogP contribution in [-0.4, -0.2) is 28.7 Å². The van der Waals surface area contributed by atoms with E-state index in [0.29, 0.717) is 25.1 Å². The number of anilines is 3. The molecule has 2 aromatic rings. The van der Waals surface area contributed by atoms with Crippen LogP contribution < -0.4 is 10.6 Å². The Kier molecular flexibility index (Phi) is 5.14. The number of aliphatic carboxylic acids is 2. The number of aryl methyl sites for hydroxylation is 2. The number of nitrogens with zero attached hydrogens (tertiary/aromatic N) is 1. The monoisotopic (exact) mass is 380 g/mol. The highest BCUT2D eigenvalue weighted by Gasteiger charge is 2.39. The van der Waals surface area contributed by atoms with Gasteiger partial charge in [0.15, 0.2) is 0 Å². The van der Waals surface area contributed by atoms with Gasteiger partial charge >= 0.3 is 11.9 Å². The van der Waals surface area contributed by atoms with Crippen molar-refractivity contribution in [2.45, 2.75) is 26.7 Å². The molecule has 1 heterocycles. The lowest BCUT2D eigenvalue weighted by Gasteiger charge is -2.35. The quantitative estimate of drug-likeness (QED) is 0.551. The zero-order valence-corrected chi connectivity index (χ0v) is 16.0. The van der Waals surface area contributed by atoms with Crippen LogP contribution in [0.2, 0.25) is 0 Å². The van der Waals surface area contributed by atoms with Crippen LogP contribution in [0.15, 0.2) is 54.1 Å². The summed E-state index contributed by atoms with van der Waals surface area (Å²) in [5.74, 6) is -2.47. The topological polar surface area (TPSA) is 104 Å². The van der Waals surface area contributed by atoms with Gasteiger partial charge in [-0.15, -0.1) is 0 Å². The Morgan fingerprint density at radius 3 is 2.46 bits per heavy atom. The molecule has 0 spiro atoms. The van der Waals surface area contributed by atoms with Crippen LogP contribution in [0.1, 0.15) is 24.5 Å². The number of para-hydroxylation sites is 1. The summed E-state index contributed by atoms with van der Waals surface area (Å²) in [5.41, 5.74) is 9.75. The Morgan fingerprint density at radius 2 is 1.86 bits per heavy atom. The number of carbonyl (C=O) groups is 2. The van der Waals surface area contributed by atoms with Crippen LogP contribution in [0.4, 0.5) is 17.1 Å². The van der Waals surface area contributed by atoms with Crippen LogP contribution in [-0.2, 0) is 16.0 Å². The molecule has 0 unspecified atom stereocenters. The molecule has 146 valence electrons. The average molecular weight is 380 g/mol. The van der Waals surface area contributed by atoms with Crippen LogP contribution >= 0.6 is 0 Å². The maximum atomic E-state index is 11.9. The molecule has 6 nitrogen and oxygen atoms in total. The second-order valence-electron chi connectivity index (χ2n) is 7.52. The molecule has 0 radical (unpaired) electrons. The van der Waals surface area contributed by atoms with Gasteiger partial charge in [-0.05, 0) is 49.1 Å². The lowest BCUT2D eigenvalue weighted by Crippen LogP contribution is -2.36. The highest BCUT2D eigenvalue weighted by Crippen LogP contribution is 2.44. The van der Waals surface area contributed by atoms with E-state index in [9.17, 15) is 19.8 Å². The number of hydrogen-bond donors (Lipinski definition) is 3. The van der Waals surface area contributed by atoms with Crippen LogP contribution in [0.5, 0.6) is 0 Å². The smallest absolute Gasteiger partial charge is 0.332 e. The number of rotatable bonds is 4. The van der Waals surface area contributed by atoms with E-state index in [2.05, 4.69) is 0 Å². The zero-order valence-electron chi connectivity index (χ0n) is 16.0. The lowest BCUT2D eigenvalue weighted by molar-refractivity contribution is -0.136. The van der Waals surface area contributed by atoms with Gasteiger partial charge < -0.3 is 20.8 Å². The first-order valence-electron chi connectivity index (χ1n) is 9.11. The van der Waals surface area contributed by atoms with Gasteiger partial charge in [0.05, 0.1) is 5.57 Å². The summed E-state index contributed by atoms with van der Waals surface area (Å²) in [7, 11) is 0. The molecule has 0 bridgehead atoms. The molecular weight excluding hydrogens is 356 g/mol. The number of carboxylic acids is 2. The molecule has 4 N–H and O–H groups in total. The van der Waals surface area contributed by atoms with Crippen molar-refractivity contribution in [1.29, 1.82) is 0 Å². The second-order valence-corrected chi connectivity index (χ2v) is 7.52. The lowest BCUT2D eigenvalue weighted by atomic mass is 9.77. The van der Waals surface area contributed by atoms with Crippen molar-refractivity contribution in [2.24, 2.45) is 5.41 Å². The maximum absolute atomic E-state index is 11.9. The summed E-state index contributed by atoms with van der Waals surface area (Å²) in [5, 5.41) is 18.9. The van der Waals surface area contributed by atoms with Crippen molar-refractivity contribution in [3.8, 4) is 0 Å². The van der Waals surface area contributed by atoms with Crippen molar-refractivity contribution in [1.82, 2.24) is 0 Å². The molecule has 6 heteroatoms. The molecule has 2 aromatic carbocycles. The predicted molar refractivity (Wildman–Crippen MR) is 109 cm³/mol. The summed E-state index contributed by atoms with van der Waals surface area (Å²) < 4.78 is 0. The maximum Gasteiger partial charge on any atom is 0.332 e. The summed E-state index contributed by atoms with van der Waals surface area (Å²) >= 11 is 0. The Labute approximate surface area is 163 Å². The first-order valence-corrected chi connectivity index (χ1v) is 9.11. The SMILES string of the molecule is Cc1cc2c(cc1N)N(c1ccccc1)C[C@@](C)(C(=CC(=O)O)C(=O)O)CC2. The fraction of sp³-hybridized carbons (Fsp3) is 0.273. The number of benzene rings is 2. The minimum Gasteiger partial charge on any atom is -0.478 e. The summed E-state index contributed by atoms with van der Waals surface area (Å²) in [6, 6.07) is 13.6. The van der Waals surface area contributed by atoms with Crippen LogP contribution in [0, 0.1) is 12.3 Å². The van der Waals surface area contributed by atoms with E-state index in [1.54, 1.807) is 0 Å². The second kappa shape index (κ2) is 7.38. The van der Waals surface area contributed by atoms with Crippen LogP contribution in [0.3, 0.4) is 0 Å². The van der Waals surface area contributed by atoms with Gasteiger partial charge in [0.2, 0.25) is 0 Å². The highest BCUT2D eigenvalue weighted by atomic mass is 16.4. The molecule has 1 aliphatic heterocycles. The molecule has 1 aliphatic rings. The minimum atomic E-state index is -1.26. The highest BCUT2D eigenvalue weighted by molar-refractivity contribution is 5.96. The zero-order chi connectivity index (χ0) is 20.5. The number of carboxylic acid groups (broad SMARTS) is 2. The third-order valence-corrected chi connectivity index (χ3v) is 5.43. The van der Waals surface area contributed by atoms with Gasteiger partial charge in [-0.1, -0.05) is 31.2 Å². The molecule has 3 rings (SSSR count). The molecule has 0 aromatic heterocycles. The fourth-order valence-corrected chi connectivity index (χ4v) is 3.82. The molecular formula is C22H24N2O4. The number of fused-ring (bicyclic) bond motifs is 1. The van der Waals surface area contributed by atoms with Crippen molar-refractivity contribution in [3.05, 3.63) is 65.2 Å². The average Bonchev–Trinajstić information content (AvgIpc) is 2.78. The molecule has 0 amide bonds. The van der Waals surface area contributed by atoms with E-state index < -0.39 is 17.4 Å². The van der Waals surface area contributed by atoms with E-state index in [0.717, 1.165) is 28.6 Å². The van der Waals surface area contributed by atoms with E-state index in [1.807, 2.05) is 61.2 Å². The van der Waals surface area contributed by atoms with Gasteiger partial charge in [0.25, 0.3) is 0 Å². The van der Waals surface area contributed by atoms with Gasteiger partial charge in [-0.3, -0.25) is 0 Å². The minimum absolute atomic E-state index is 0.0987. The first kappa shape index (κ1) is 19.5. The van der Waals surface area contributed by atoms with Gasteiger partial charge in [-0.25, -0.2) is 9.59 Å². The third-order valence-electron chi connectivity index (χ3n) is 5.43. The third kappa shape index (κ3) is 3.71. The van der Waals surface area contributed by atoms with Gasteiger partial charge in [-0.2, -0.15) is 0 Å². The normalized spacial score (nSPS) is 19.6. The first-order chi connectivity index (χ1) is 13.2. The van der Waals surface area contributed by atoms with E-state index in [1.165, 1.54) is 0 Å². The molecule has 28 heavy (non-hydrogen) atoms. The van der Waals surface area contributed by atoms with E-state index in [-0.39, 0.29) is 5.57 Å². The van der Waals surface area contributed by atoms with E-state index in [4.69, 9.17) is 5.73 Å². The molecule has 0 saturated heterocycles. The van der Waals surface area contributed by atoms with Gasteiger partial charge in [0, 0.05) is 35.1 Å². The number of nitrogens with two attached hydrogens (primary N) is 1. The van der Waals surface area contributed by atoms with Crippen molar-refractivity contribution in [3.63, 3.8) is 0 Å². The molecule has 1 atom stereocenters. The Morgan fingerprint density at radius 1 is 1.18 bits per heavy atom. The standard InChI is InChI=1S/C22H24N2O4/c1-14-10-15-8-9-22(2,17(21(27)28)11-20(25)26)13-24(19(15)12-18(14)23)16-6-4-3-5-7-16/h3-7,10-12H,8-9,13,23H2,1-2H3,(H,25,26)(H,27,28)/t22-/m0/s1. The Hall–Kier alpha value is -3.28. The Bertz CT molecular complexity index is 953. The molecule has 0 fully saturated rings. The van der Waals surface area contributed by atoms with Crippen LogP contribution in [0.25, 0.3) is 0 Å². The number of nitrogen functional groups attached to an aromatic ring is 1. The van der Waals surface area contributed by atoms with E-state index >= 15 is 0 Å². The fourth-order valence-electron chi connectivity index (χ4n) is 3.82.